The molecule has 1 rings (SSSR count). The maximum atomic E-state index is 11.7. The molecule has 1 aromatic rings. The molecule has 0 atom stereocenters. The summed E-state index contributed by atoms with van der Waals surface area (Å²) in [4.78, 5) is 18.0. The summed E-state index contributed by atoms with van der Waals surface area (Å²) in [5.74, 6) is 0.824. The second-order valence-electron chi connectivity index (χ2n) is 4.05. The summed E-state index contributed by atoms with van der Waals surface area (Å²) in [6.45, 7) is 6.98. The van der Waals surface area contributed by atoms with Crippen molar-refractivity contribution in [3.63, 3.8) is 0 Å². The average molecular weight is 300 g/mol. The van der Waals surface area contributed by atoms with Crippen LogP contribution in [0.5, 0.6) is 0 Å². The fraction of sp³-hybridized carbons (Fsp3) is 0.500. The van der Waals surface area contributed by atoms with E-state index in [9.17, 15) is 4.79 Å². The van der Waals surface area contributed by atoms with Crippen LogP contribution in [0.25, 0.3) is 0 Å². The van der Waals surface area contributed by atoms with Crippen LogP contribution in [0.2, 0.25) is 0 Å². The predicted octanol–water partition coefficient (Wildman–Crippen LogP) is 2.19. The first-order valence-electron chi connectivity index (χ1n) is 5.69. The molecule has 94 valence electrons. The van der Waals surface area contributed by atoms with Crippen molar-refractivity contribution >= 4 is 27.7 Å². The van der Waals surface area contributed by atoms with E-state index in [2.05, 4.69) is 26.2 Å². The molecule has 5 heteroatoms. The van der Waals surface area contributed by atoms with Crippen molar-refractivity contribution in [2.45, 2.75) is 26.8 Å². The number of nitrogens with one attached hydrogen (secondary N) is 1. The molecule has 1 amide bonds. The molecule has 1 heterocycles. The lowest BCUT2D eigenvalue weighted by Gasteiger charge is -2.22. The number of amides is 1. The number of nitrogens with zero attached hydrogens (tertiary/aromatic N) is 2. The number of pyridine rings is 1. The largest absolute Gasteiger partial charge is 0.352 e. The Balaban J connectivity index is 2.69. The summed E-state index contributed by atoms with van der Waals surface area (Å²) in [6.07, 6.45) is 0. The van der Waals surface area contributed by atoms with Crippen LogP contribution in [-0.4, -0.2) is 30.0 Å². The van der Waals surface area contributed by atoms with E-state index in [4.69, 9.17) is 0 Å². The molecule has 0 radical (unpaired) electrons. The summed E-state index contributed by atoms with van der Waals surface area (Å²) in [5, 5.41) is 2.87. The Morgan fingerprint density at radius 2 is 2.24 bits per heavy atom. The lowest BCUT2D eigenvalue weighted by molar-refractivity contribution is -0.120. The highest BCUT2D eigenvalue weighted by molar-refractivity contribution is 9.10. The van der Waals surface area contributed by atoms with Crippen LogP contribution in [0.3, 0.4) is 0 Å². The highest BCUT2D eigenvalue weighted by Crippen LogP contribution is 2.14. The van der Waals surface area contributed by atoms with Crippen LogP contribution in [0.1, 0.15) is 20.8 Å². The Morgan fingerprint density at radius 1 is 1.53 bits per heavy atom. The van der Waals surface area contributed by atoms with Crippen molar-refractivity contribution in [1.29, 1.82) is 0 Å². The number of anilines is 1. The minimum atomic E-state index is 0.0172. The third-order valence-corrected chi connectivity index (χ3v) is 2.63. The first kappa shape index (κ1) is 14.0. The normalized spacial score (nSPS) is 10.4. The Kier molecular flexibility index (Phi) is 5.41. The van der Waals surface area contributed by atoms with E-state index in [0.717, 1.165) is 17.0 Å². The van der Waals surface area contributed by atoms with E-state index < -0.39 is 0 Å². The van der Waals surface area contributed by atoms with Crippen LogP contribution >= 0.6 is 15.9 Å². The Morgan fingerprint density at radius 3 is 2.76 bits per heavy atom. The number of carbonyl (C=O) groups is 1. The molecule has 0 aliphatic carbocycles. The van der Waals surface area contributed by atoms with Gasteiger partial charge in [0.2, 0.25) is 5.91 Å². The summed E-state index contributed by atoms with van der Waals surface area (Å²) in [6, 6.07) is 5.84. The molecule has 0 aliphatic rings. The fourth-order valence-corrected chi connectivity index (χ4v) is 1.80. The van der Waals surface area contributed by atoms with Crippen molar-refractivity contribution in [1.82, 2.24) is 10.3 Å². The van der Waals surface area contributed by atoms with E-state index in [0.29, 0.717) is 6.54 Å². The van der Waals surface area contributed by atoms with Gasteiger partial charge in [-0.05, 0) is 48.8 Å². The molecular weight excluding hydrogens is 282 g/mol. The zero-order chi connectivity index (χ0) is 12.8. The molecule has 0 saturated carbocycles. The van der Waals surface area contributed by atoms with E-state index in [1.54, 1.807) is 0 Å². The zero-order valence-electron chi connectivity index (χ0n) is 10.4. The van der Waals surface area contributed by atoms with E-state index in [1.165, 1.54) is 0 Å². The van der Waals surface area contributed by atoms with Gasteiger partial charge in [0.15, 0.2) is 0 Å². The lowest BCUT2D eigenvalue weighted by Crippen LogP contribution is -2.40. The van der Waals surface area contributed by atoms with Gasteiger partial charge in [-0.15, -0.1) is 0 Å². The third-order valence-electron chi connectivity index (χ3n) is 2.19. The molecular formula is C12H18BrN3O. The molecule has 1 N–H and O–H groups in total. The van der Waals surface area contributed by atoms with E-state index in [1.807, 2.05) is 43.9 Å². The Bertz CT molecular complexity index is 382. The molecule has 0 aromatic carbocycles. The smallest absolute Gasteiger partial charge is 0.239 e. The van der Waals surface area contributed by atoms with Gasteiger partial charge in [0.05, 0.1) is 6.54 Å². The number of halogens is 1. The maximum absolute atomic E-state index is 11.7. The van der Waals surface area contributed by atoms with Crippen molar-refractivity contribution in [3.8, 4) is 0 Å². The fourth-order valence-electron chi connectivity index (χ4n) is 1.47. The standard InChI is InChI=1S/C12H18BrN3O/c1-4-16(8-12(17)14-9(2)3)11-7-5-6-10(13)15-11/h5-7,9H,4,8H2,1-3H3,(H,14,17). The molecule has 0 unspecified atom stereocenters. The van der Waals surface area contributed by atoms with Crippen molar-refractivity contribution in [2.75, 3.05) is 18.0 Å². The molecule has 0 saturated heterocycles. The second-order valence-corrected chi connectivity index (χ2v) is 4.87. The van der Waals surface area contributed by atoms with Crippen LogP contribution in [-0.2, 0) is 4.79 Å². The monoisotopic (exact) mass is 299 g/mol. The maximum Gasteiger partial charge on any atom is 0.239 e. The average Bonchev–Trinajstić information content (AvgIpc) is 2.24. The first-order chi connectivity index (χ1) is 8.02. The molecule has 4 nitrogen and oxygen atoms in total. The number of aromatic nitrogens is 1. The minimum absolute atomic E-state index is 0.0172. The third kappa shape index (κ3) is 4.73. The Hall–Kier alpha value is -1.10. The SMILES string of the molecule is CCN(CC(=O)NC(C)C)c1cccc(Br)n1. The Labute approximate surface area is 111 Å². The van der Waals surface area contributed by atoms with Crippen LogP contribution in [0.4, 0.5) is 5.82 Å². The van der Waals surface area contributed by atoms with E-state index >= 15 is 0 Å². The van der Waals surface area contributed by atoms with Gasteiger partial charge >= 0.3 is 0 Å². The molecule has 0 aliphatic heterocycles. The number of hydrogen-bond acceptors (Lipinski definition) is 3. The summed E-state index contributed by atoms with van der Waals surface area (Å²) in [5.41, 5.74) is 0. The minimum Gasteiger partial charge on any atom is -0.352 e. The van der Waals surface area contributed by atoms with Gasteiger partial charge in [0.25, 0.3) is 0 Å². The number of rotatable bonds is 5. The van der Waals surface area contributed by atoms with Gasteiger partial charge in [0, 0.05) is 12.6 Å². The van der Waals surface area contributed by atoms with Gasteiger partial charge in [0.1, 0.15) is 10.4 Å². The molecule has 0 fully saturated rings. The molecule has 1 aromatic heterocycles. The number of likely N-dealkylation sites (N-methyl/N-ethyl adjacent to an activating group) is 1. The molecule has 0 bridgehead atoms. The predicted molar refractivity (Wildman–Crippen MR) is 73.1 cm³/mol. The van der Waals surface area contributed by atoms with Gasteiger partial charge in [-0.2, -0.15) is 0 Å². The molecule has 17 heavy (non-hydrogen) atoms. The summed E-state index contributed by atoms with van der Waals surface area (Å²) in [7, 11) is 0. The summed E-state index contributed by atoms with van der Waals surface area (Å²) >= 11 is 3.33. The highest BCUT2D eigenvalue weighted by Gasteiger charge is 2.11. The van der Waals surface area contributed by atoms with Gasteiger partial charge < -0.3 is 10.2 Å². The zero-order valence-corrected chi connectivity index (χ0v) is 12.0. The van der Waals surface area contributed by atoms with Gasteiger partial charge in [-0.1, -0.05) is 6.07 Å². The van der Waals surface area contributed by atoms with Crippen LogP contribution < -0.4 is 10.2 Å². The number of hydrogen-bond donors (Lipinski definition) is 1. The second kappa shape index (κ2) is 6.59. The highest BCUT2D eigenvalue weighted by atomic mass is 79.9. The number of carbonyl (C=O) groups excluding carboxylic acids is 1. The van der Waals surface area contributed by atoms with Crippen molar-refractivity contribution in [2.24, 2.45) is 0 Å². The quantitative estimate of drug-likeness (QED) is 0.848. The van der Waals surface area contributed by atoms with Crippen molar-refractivity contribution < 1.29 is 4.79 Å². The van der Waals surface area contributed by atoms with Crippen LogP contribution in [0.15, 0.2) is 22.8 Å². The first-order valence-corrected chi connectivity index (χ1v) is 6.49. The topological polar surface area (TPSA) is 45.2 Å². The van der Waals surface area contributed by atoms with Gasteiger partial charge in [-0.25, -0.2) is 4.98 Å². The molecule has 0 spiro atoms. The summed E-state index contributed by atoms with van der Waals surface area (Å²) < 4.78 is 0.776. The lowest BCUT2D eigenvalue weighted by atomic mass is 10.3. The van der Waals surface area contributed by atoms with Gasteiger partial charge in [-0.3, -0.25) is 4.79 Å². The van der Waals surface area contributed by atoms with Crippen molar-refractivity contribution in [3.05, 3.63) is 22.8 Å². The van der Waals surface area contributed by atoms with E-state index in [-0.39, 0.29) is 11.9 Å². The van der Waals surface area contributed by atoms with Crippen LogP contribution in [0, 0.1) is 0 Å².